The first-order valence-corrected chi connectivity index (χ1v) is 11.6. The van der Waals surface area contributed by atoms with Gasteiger partial charge in [-0.05, 0) is 55.3 Å². The molecule has 0 saturated heterocycles. The molecule has 2 aromatic heterocycles. The second-order valence-corrected chi connectivity index (χ2v) is 8.80. The number of hydrogen-bond acceptors (Lipinski definition) is 5. The lowest BCUT2D eigenvalue weighted by Crippen LogP contribution is -2.30. The number of amides is 1. The van der Waals surface area contributed by atoms with Crippen molar-refractivity contribution in [1.82, 2.24) is 4.98 Å². The topological polar surface area (TPSA) is 72.6 Å². The fourth-order valence-electron chi connectivity index (χ4n) is 4.26. The van der Waals surface area contributed by atoms with Crippen molar-refractivity contribution in [3.63, 3.8) is 0 Å². The van der Waals surface area contributed by atoms with Crippen LogP contribution >= 0.6 is 11.6 Å². The quantitative estimate of drug-likeness (QED) is 0.317. The molecule has 7 heteroatoms. The van der Waals surface area contributed by atoms with E-state index >= 15 is 0 Å². The van der Waals surface area contributed by atoms with E-state index in [1.54, 1.807) is 24.3 Å². The molecular weight excluding hydrogens is 452 g/mol. The summed E-state index contributed by atoms with van der Waals surface area (Å²) in [7, 11) is 0. The molecule has 1 aliphatic rings. The lowest BCUT2D eigenvalue weighted by atomic mass is 9.98. The third-order valence-corrected chi connectivity index (χ3v) is 6.15. The number of anilines is 1. The molecule has 0 bridgehead atoms. The van der Waals surface area contributed by atoms with Gasteiger partial charge in [0.25, 0.3) is 5.91 Å². The highest BCUT2D eigenvalue weighted by Crippen LogP contribution is 2.41. The molecule has 4 aromatic rings. The number of hydrogen-bond donors (Lipinski definition) is 0. The highest BCUT2D eigenvalue weighted by Gasteiger charge is 2.44. The summed E-state index contributed by atoms with van der Waals surface area (Å²) < 4.78 is 11.9. The number of aryl methyl sites for hydroxylation is 1. The number of carbonyl (C=O) groups excluding carboxylic acids is 1. The van der Waals surface area contributed by atoms with Crippen LogP contribution in [0.2, 0.25) is 5.02 Å². The Balaban J connectivity index is 1.71. The summed E-state index contributed by atoms with van der Waals surface area (Å²) in [5.74, 6) is 0.659. The normalized spacial score (nSPS) is 15.1. The fourth-order valence-corrected chi connectivity index (χ4v) is 4.37. The Kier molecular flexibility index (Phi) is 5.84. The number of aromatic nitrogens is 1. The smallest absolute Gasteiger partial charge is 0.296 e. The highest BCUT2D eigenvalue weighted by atomic mass is 35.5. The predicted octanol–water partition coefficient (Wildman–Crippen LogP) is 6.08. The van der Waals surface area contributed by atoms with E-state index in [1.807, 2.05) is 37.3 Å². The monoisotopic (exact) mass is 474 g/mol. The Morgan fingerprint density at radius 1 is 1.12 bits per heavy atom. The first kappa shape index (κ1) is 22.2. The van der Waals surface area contributed by atoms with Crippen LogP contribution in [0.4, 0.5) is 5.82 Å². The van der Waals surface area contributed by atoms with E-state index in [2.05, 4.69) is 11.9 Å². The molecule has 5 rings (SSSR count). The van der Waals surface area contributed by atoms with Gasteiger partial charge >= 0.3 is 0 Å². The lowest BCUT2D eigenvalue weighted by Gasteiger charge is -2.24. The maximum Gasteiger partial charge on any atom is 0.296 e. The minimum absolute atomic E-state index is 0.0282. The van der Waals surface area contributed by atoms with E-state index in [0.717, 1.165) is 24.0 Å². The number of rotatable bonds is 6. The number of benzene rings is 2. The Hall–Kier alpha value is -3.64. The Morgan fingerprint density at radius 2 is 1.97 bits per heavy atom. The fraction of sp³-hybridized carbons (Fsp3) is 0.222. The van der Waals surface area contributed by atoms with Gasteiger partial charge < -0.3 is 9.15 Å². The van der Waals surface area contributed by atoms with Crippen LogP contribution in [0.3, 0.4) is 0 Å². The van der Waals surface area contributed by atoms with Gasteiger partial charge in [-0.1, -0.05) is 48.7 Å². The molecule has 1 atom stereocenters. The van der Waals surface area contributed by atoms with E-state index in [0.29, 0.717) is 39.7 Å². The van der Waals surface area contributed by atoms with Crippen LogP contribution < -0.4 is 15.1 Å². The first-order valence-electron chi connectivity index (χ1n) is 11.2. The van der Waals surface area contributed by atoms with E-state index in [1.165, 1.54) is 11.1 Å². The molecule has 6 nitrogen and oxygen atoms in total. The second-order valence-electron chi connectivity index (χ2n) is 8.36. The van der Waals surface area contributed by atoms with Crippen molar-refractivity contribution in [2.24, 2.45) is 0 Å². The van der Waals surface area contributed by atoms with Crippen LogP contribution in [-0.2, 0) is 0 Å². The van der Waals surface area contributed by atoms with Crippen molar-refractivity contribution in [1.29, 1.82) is 0 Å². The summed E-state index contributed by atoms with van der Waals surface area (Å²) in [4.78, 5) is 33.2. The molecule has 1 amide bonds. The number of halogens is 1. The average molecular weight is 475 g/mol. The summed E-state index contributed by atoms with van der Waals surface area (Å²) in [6.45, 7) is 4.60. The maximum atomic E-state index is 13.7. The molecule has 1 unspecified atom stereocenters. The first-order chi connectivity index (χ1) is 16.5. The highest BCUT2D eigenvalue weighted by molar-refractivity contribution is 6.30. The number of carbonyl (C=O) groups is 1. The third kappa shape index (κ3) is 3.84. The second kappa shape index (κ2) is 8.95. The minimum Gasteiger partial charge on any atom is -0.494 e. The molecule has 0 spiro atoms. The number of ether oxygens (including phenoxy) is 1. The van der Waals surface area contributed by atoms with E-state index in [9.17, 15) is 9.59 Å². The Labute approximate surface area is 201 Å². The number of nitrogens with zero attached hydrogens (tertiary/aromatic N) is 2. The van der Waals surface area contributed by atoms with Crippen LogP contribution in [-0.4, -0.2) is 17.5 Å². The lowest BCUT2D eigenvalue weighted by molar-refractivity contribution is 0.0970. The zero-order valence-corrected chi connectivity index (χ0v) is 19.6. The van der Waals surface area contributed by atoms with E-state index in [4.69, 9.17) is 20.8 Å². The van der Waals surface area contributed by atoms with Crippen molar-refractivity contribution in [2.45, 2.75) is 32.7 Å². The van der Waals surface area contributed by atoms with Gasteiger partial charge in [-0.3, -0.25) is 14.5 Å². The molecule has 3 heterocycles. The zero-order valence-electron chi connectivity index (χ0n) is 18.9. The van der Waals surface area contributed by atoms with Gasteiger partial charge in [0.05, 0.1) is 28.6 Å². The van der Waals surface area contributed by atoms with Gasteiger partial charge in [0.1, 0.15) is 17.2 Å². The van der Waals surface area contributed by atoms with Crippen LogP contribution in [0.5, 0.6) is 5.75 Å². The summed E-state index contributed by atoms with van der Waals surface area (Å²) in [6, 6.07) is 15.4. The predicted molar refractivity (Wildman–Crippen MR) is 132 cm³/mol. The van der Waals surface area contributed by atoms with E-state index in [-0.39, 0.29) is 11.2 Å². The summed E-state index contributed by atoms with van der Waals surface area (Å²) in [5.41, 5.74) is 2.11. The van der Waals surface area contributed by atoms with Gasteiger partial charge in [-0.2, -0.15) is 0 Å². The summed E-state index contributed by atoms with van der Waals surface area (Å²) >= 11 is 6.04. The van der Waals surface area contributed by atoms with Crippen LogP contribution in [0.1, 0.15) is 53.1 Å². The Morgan fingerprint density at radius 3 is 2.74 bits per heavy atom. The molecule has 0 saturated carbocycles. The molecule has 0 N–H and O–H groups in total. The van der Waals surface area contributed by atoms with Crippen molar-refractivity contribution in [3.8, 4) is 5.75 Å². The van der Waals surface area contributed by atoms with Crippen molar-refractivity contribution >= 4 is 34.3 Å². The average Bonchev–Trinajstić information content (AvgIpc) is 3.13. The number of unbranched alkanes of at least 4 members (excludes halogenated alkanes) is 1. The van der Waals surface area contributed by atoms with Gasteiger partial charge in [0.15, 0.2) is 5.43 Å². The third-order valence-electron chi connectivity index (χ3n) is 5.92. The number of pyridine rings is 1. The number of fused-ring (bicyclic) bond motifs is 2. The van der Waals surface area contributed by atoms with Gasteiger partial charge in [-0.15, -0.1) is 0 Å². The summed E-state index contributed by atoms with van der Waals surface area (Å²) in [6.07, 6.45) is 3.43. The molecule has 0 fully saturated rings. The molecule has 34 heavy (non-hydrogen) atoms. The van der Waals surface area contributed by atoms with Crippen LogP contribution in [0.25, 0.3) is 11.0 Å². The van der Waals surface area contributed by atoms with Crippen LogP contribution in [0, 0.1) is 6.92 Å². The molecule has 1 aliphatic heterocycles. The maximum absolute atomic E-state index is 13.7. The van der Waals surface area contributed by atoms with Crippen molar-refractivity contribution < 1.29 is 13.9 Å². The van der Waals surface area contributed by atoms with Crippen LogP contribution in [0.15, 0.2) is 70.0 Å². The minimum atomic E-state index is -0.716. The van der Waals surface area contributed by atoms with Crippen molar-refractivity contribution in [2.75, 3.05) is 11.5 Å². The van der Waals surface area contributed by atoms with Gasteiger partial charge in [-0.25, -0.2) is 4.98 Å². The molecule has 2 aromatic carbocycles. The standard InChI is InChI=1S/C27H23ClN2O4/c1-3-4-12-33-19-7-5-6-17(14-19)24-23-25(31)20-13-16(2)8-10-21(20)34-26(23)27(32)30(24)22-11-9-18(28)15-29-22/h5-11,13-15,24H,3-4,12H2,1-2H3. The Bertz CT molecular complexity index is 1450. The SMILES string of the molecule is CCCCOc1cccc(C2c3c(oc4ccc(C)cc4c3=O)C(=O)N2c2ccc(Cl)cn2)c1. The zero-order chi connectivity index (χ0) is 23.8. The summed E-state index contributed by atoms with van der Waals surface area (Å²) in [5, 5.41) is 0.893. The van der Waals surface area contributed by atoms with Gasteiger partial charge in [0, 0.05) is 6.20 Å². The van der Waals surface area contributed by atoms with Gasteiger partial charge in [0.2, 0.25) is 5.76 Å². The molecular formula is C27H23ClN2O4. The molecule has 0 radical (unpaired) electrons. The largest absolute Gasteiger partial charge is 0.494 e. The van der Waals surface area contributed by atoms with Crippen molar-refractivity contribution in [3.05, 3.63) is 98.5 Å². The molecule has 172 valence electrons. The van der Waals surface area contributed by atoms with E-state index < -0.39 is 11.9 Å². The molecule has 0 aliphatic carbocycles.